The van der Waals surface area contributed by atoms with E-state index in [4.69, 9.17) is 0 Å². The van der Waals surface area contributed by atoms with Crippen molar-refractivity contribution in [1.82, 2.24) is 4.90 Å². The van der Waals surface area contributed by atoms with E-state index in [1.54, 1.807) is 17.0 Å². The van der Waals surface area contributed by atoms with Crippen LogP contribution in [0.2, 0.25) is 0 Å². The van der Waals surface area contributed by atoms with Gasteiger partial charge in [0.15, 0.2) is 0 Å². The number of nitrogens with one attached hydrogen (secondary N) is 1. The fraction of sp³-hybridized carbons (Fsp3) is 0.350. The second kappa shape index (κ2) is 7.57. The number of carbonyl (C=O) groups excluding carboxylic acids is 1. The minimum atomic E-state index is -0.427. The molecule has 0 aromatic heterocycles. The third-order valence-corrected chi connectivity index (χ3v) is 4.51. The summed E-state index contributed by atoms with van der Waals surface area (Å²) in [5.74, 6) is 0.202. The van der Waals surface area contributed by atoms with Crippen LogP contribution in [0.15, 0.2) is 42.5 Å². The van der Waals surface area contributed by atoms with Crippen LogP contribution in [0, 0.1) is 6.92 Å². The maximum absolute atomic E-state index is 12.6. The molecule has 1 aliphatic heterocycles. The summed E-state index contributed by atoms with van der Waals surface area (Å²) >= 11 is 0. The SMILES string of the molecule is Cc1ccc(O)c(CNc2cccc(C(=O)N3CCCC(O)C3)c2)c1. The van der Waals surface area contributed by atoms with Crippen LogP contribution < -0.4 is 5.32 Å². The highest BCUT2D eigenvalue weighted by atomic mass is 16.3. The van der Waals surface area contributed by atoms with E-state index in [0.717, 1.165) is 29.7 Å². The predicted molar refractivity (Wildman–Crippen MR) is 97.8 cm³/mol. The molecule has 0 radical (unpaired) electrons. The zero-order valence-corrected chi connectivity index (χ0v) is 14.4. The molecule has 1 heterocycles. The molecule has 0 spiro atoms. The monoisotopic (exact) mass is 340 g/mol. The Morgan fingerprint density at radius 3 is 2.92 bits per heavy atom. The number of anilines is 1. The number of β-amino-alcohol motifs (C(OH)–C–C–N with tert-alkyl or cyclic N) is 1. The summed E-state index contributed by atoms with van der Waals surface area (Å²) in [6.45, 7) is 3.54. The van der Waals surface area contributed by atoms with Crippen molar-refractivity contribution >= 4 is 11.6 Å². The van der Waals surface area contributed by atoms with Crippen molar-refractivity contribution in [2.24, 2.45) is 0 Å². The van der Waals surface area contributed by atoms with Crippen molar-refractivity contribution < 1.29 is 15.0 Å². The summed E-state index contributed by atoms with van der Waals surface area (Å²) in [6.07, 6.45) is 1.16. The normalized spacial score (nSPS) is 17.4. The molecule has 3 rings (SSSR count). The van der Waals surface area contributed by atoms with Gasteiger partial charge in [-0.2, -0.15) is 0 Å². The number of aliphatic hydroxyl groups excluding tert-OH is 1. The fourth-order valence-corrected chi connectivity index (χ4v) is 3.14. The second-order valence-electron chi connectivity index (χ2n) is 6.61. The number of aryl methyl sites for hydroxylation is 1. The molecule has 1 amide bonds. The van der Waals surface area contributed by atoms with E-state index in [2.05, 4.69) is 5.32 Å². The van der Waals surface area contributed by atoms with E-state index in [1.165, 1.54) is 0 Å². The molecule has 5 heteroatoms. The van der Waals surface area contributed by atoms with Crippen LogP contribution in [-0.4, -0.2) is 40.2 Å². The van der Waals surface area contributed by atoms with Gasteiger partial charge >= 0.3 is 0 Å². The first-order valence-electron chi connectivity index (χ1n) is 8.62. The summed E-state index contributed by atoms with van der Waals surface area (Å²) in [5, 5.41) is 22.9. The zero-order chi connectivity index (χ0) is 17.8. The molecule has 1 fully saturated rings. The molecule has 132 valence electrons. The molecule has 2 aromatic carbocycles. The molecule has 0 bridgehead atoms. The number of nitrogens with zero attached hydrogens (tertiary/aromatic N) is 1. The summed E-state index contributed by atoms with van der Waals surface area (Å²) in [4.78, 5) is 14.3. The minimum Gasteiger partial charge on any atom is -0.508 e. The first-order chi connectivity index (χ1) is 12.0. The van der Waals surface area contributed by atoms with E-state index >= 15 is 0 Å². The van der Waals surface area contributed by atoms with Gasteiger partial charge < -0.3 is 20.4 Å². The Bertz CT molecular complexity index is 760. The molecule has 3 N–H and O–H groups in total. The standard InChI is InChI=1S/C20H24N2O3/c1-14-7-8-19(24)16(10-14)12-21-17-5-2-4-15(11-17)20(25)22-9-3-6-18(23)13-22/h2,4-5,7-8,10-11,18,21,23-24H,3,6,9,12-13H2,1H3. The number of aromatic hydroxyl groups is 1. The lowest BCUT2D eigenvalue weighted by Gasteiger charge is -2.30. The summed E-state index contributed by atoms with van der Waals surface area (Å²) in [6, 6.07) is 12.8. The van der Waals surface area contributed by atoms with Gasteiger partial charge in [0.1, 0.15) is 5.75 Å². The first kappa shape index (κ1) is 17.3. The van der Waals surface area contributed by atoms with Crippen LogP contribution in [0.3, 0.4) is 0 Å². The van der Waals surface area contributed by atoms with Crippen LogP contribution in [0.4, 0.5) is 5.69 Å². The predicted octanol–water partition coefficient (Wildman–Crippen LogP) is 2.91. The van der Waals surface area contributed by atoms with Crippen LogP contribution in [0.25, 0.3) is 0 Å². The number of benzene rings is 2. The third kappa shape index (κ3) is 4.31. The number of phenols is 1. The van der Waals surface area contributed by atoms with Gasteiger partial charge in [-0.25, -0.2) is 0 Å². The minimum absolute atomic E-state index is 0.0548. The Hall–Kier alpha value is -2.53. The Morgan fingerprint density at radius 2 is 2.12 bits per heavy atom. The molecule has 1 unspecified atom stereocenters. The maximum Gasteiger partial charge on any atom is 0.254 e. The number of likely N-dealkylation sites (tertiary alicyclic amines) is 1. The van der Waals surface area contributed by atoms with E-state index in [1.807, 2.05) is 37.3 Å². The Morgan fingerprint density at radius 1 is 1.28 bits per heavy atom. The van der Waals surface area contributed by atoms with E-state index < -0.39 is 6.10 Å². The van der Waals surface area contributed by atoms with Crippen molar-refractivity contribution in [3.8, 4) is 5.75 Å². The number of carbonyl (C=O) groups is 1. The van der Waals surface area contributed by atoms with Crippen molar-refractivity contribution in [3.05, 3.63) is 59.2 Å². The average Bonchev–Trinajstić information content (AvgIpc) is 2.62. The van der Waals surface area contributed by atoms with Gasteiger partial charge in [-0.3, -0.25) is 4.79 Å². The largest absolute Gasteiger partial charge is 0.508 e. The van der Waals surface area contributed by atoms with Gasteiger partial charge in [-0.1, -0.05) is 23.8 Å². The number of phenolic OH excluding ortho intramolecular Hbond substituents is 1. The zero-order valence-electron chi connectivity index (χ0n) is 14.4. The van der Waals surface area contributed by atoms with Crippen molar-refractivity contribution in [2.75, 3.05) is 18.4 Å². The number of rotatable bonds is 4. The number of amides is 1. The molecule has 5 nitrogen and oxygen atoms in total. The third-order valence-electron chi connectivity index (χ3n) is 4.51. The maximum atomic E-state index is 12.6. The number of hydrogen-bond donors (Lipinski definition) is 3. The average molecular weight is 340 g/mol. The molecule has 1 aliphatic rings. The van der Waals surface area contributed by atoms with E-state index in [-0.39, 0.29) is 11.7 Å². The molecule has 1 saturated heterocycles. The van der Waals surface area contributed by atoms with Crippen molar-refractivity contribution in [2.45, 2.75) is 32.4 Å². The lowest BCUT2D eigenvalue weighted by atomic mass is 10.1. The van der Waals surface area contributed by atoms with Gasteiger partial charge in [0.2, 0.25) is 0 Å². The Labute approximate surface area is 147 Å². The molecule has 25 heavy (non-hydrogen) atoms. The number of aliphatic hydroxyl groups is 1. The van der Waals surface area contributed by atoms with Gasteiger partial charge in [0.25, 0.3) is 5.91 Å². The quantitative estimate of drug-likeness (QED) is 0.800. The lowest BCUT2D eigenvalue weighted by Crippen LogP contribution is -2.42. The number of hydrogen-bond acceptors (Lipinski definition) is 4. The van der Waals surface area contributed by atoms with Crippen molar-refractivity contribution in [1.29, 1.82) is 0 Å². The summed E-state index contributed by atoms with van der Waals surface area (Å²) in [5.41, 5.74) is 3.33. The van der Waals surface area contributed by atoms with E-state index in [0.29, 0.717) is 25.2 Å². The summed E-state index contributed by atoms with van der Waals surface area (Å²) < 4.78 is 0. The summed E-state index contributed by atoms with van der Waals surface area (Å²) in [7, 11) is 0. The topological polar surface area (TPSA) is 72.8 Å². The van der Waals surface area contributed by atoms with Crippen LogP contribution >= 0.6 is 0 Å². The molecule has 0 aliphatic carbocycles. The van der Waals surface area contributed by atoms with Crippen LogP contribution in [0.1, 0.15) is 34.3 Å². The van der Waals surface area contributed by atoms with Gasteiger partial charge in [0.05, 0.1) is 6.10 Å². The smallest absolute Gasteiger partial charge is 0.254 e. The highest BCUT2D eigenvalue weighted by Crippen LogP contribution is 2.21. The second-order valence-corrected chi connectivity index (χ2v) is 6.61. The number of piperidine rings is 1. The Kier molecular flexibility index (Phi) is 5.24. The van der Waals surface area contributed by atoms with Gasteiger partial charge in [-0.15, -0.1) is 0 Å². The molecule has 0 saturated carbocycles. The first-order valence-corrected chi connectivity index (χ1v) is 8.62. The van der Waals surface area contributed by atoms with Gasteiger partial charge in [-0.05, 0) is 44.0 Å². The molecule has 1 atom stereocenters. The Balaban J connectivity index is 1.69. The molecule has 2 aromatic rings. The van der Waals surface area contributed by atoms with Crippen molar-refractivity contribution in [3.63, 3.8) is 0 Å². The van der Waals surface area contributed by atoms with E-state index in [9.17, 15) is 15.0 Å². The van der Waals surface area contributed by atoms with Crippen LogP contribution in [-0.2, 0) is 6.54 Å². The van der Waals surface area contributed by atoms with Gasteiger partial charge in [0, 0.05) is 36.4 Å². The fourth-order valence-electron chi connectivity index (χ4n) is 3.14. The molecular weight excluding hydrogens is 316 g/mol. The lowest BCUT2D eigenvalue weighted by molar-refractivity contribution is 0.0474. The van der Waals surface area contributed by atoms with Crippen LogP contribution in [0.5, 0.6) is 5.75 Å². The highest BCUT2D eigenvalue weighted by molar-refractivity contribution is 5.95. The molecular formula is C20H24N2O3. The highest BCUT2D eigenvalue weighted by Gasteiger charge is 2.23.